The molecular formula is C22H20O6. The van der Waals surface area contributed by atoms with Crippen LogP contribution in [0.2, 0.25) is 0 Å². The Morgan fingerprint density at radius 1 is 1.11 bits per heavy atom. The number of ether oxygens (including phenoxy) is 3. The summed E-state index contributed by atoms with van der Waals surface area (Å²) in [5.41, 5.74) is 0.724. The van der Waals surface area contributed by atoms with Gasteiger partial charge in [-0.25, -0.2) is 4.79 Å². The van der Waals surface area contributed by atoms with Crippen molar-refractivity contribution in [3.8, 4) is 11.5 Å². The molecule has 0 spiro atoms. The van der Waals surface area contributed by atoms with Crippen molar-refractivity contribution in [3.05, 3.63) is 82.8 Å². The van der Waals surface area contributed by atoms with Crippen molar-refractivity contribution in [2.24, 2.45) is 5.92 Å². The summed E-state index contributed by atoms with van der Waals surface area (Å²) in [5, 5.41) is 20.1. The number of fused-ring (bicyclic) bond motifs is 1. The number of phenolic OH excluding ortho intramolecular Hbond substituents is 1. The van der Waals surface area contributed by atoms with Gasteiger partial charge in [-0.3, -0.25) is 0 Å². The van der Waals surface area contributed by atoms with Crippen molar-refractivity contribution in [3.63, 3.8) is 0 Å². The first-order valence-corrected chi connectivity index (χ1v) is 8.87. The van der Waals surface area contributed by atoms with Gasteiger partial charge in [0.15, 0.2) is 28.6 Å². The monoisotopic (exact) mass is 380 g/mol. The standard InChI is InChI=1S/C22H20O6/c1-26-19-11-13(7-9-17(19)23)22(14-8-10-18(24)20(12-14)27-2)16-6-4-3-5-15(16)21(25)28-22/h3-7,9-12,14,23-24H,8H2,1-2H3. The van der Waals surface area contributed by atoms with Crippen LogP contribution in [0.25, 0.3) is 0 Å². The van der Waals surface area contributed by atoms with Crippen LogP contribution in [-0.4, -0.2) is 30.4 Å². The van der Waals surface area contributed by atoms with Gasteiger partial charge in [0.05, 0.1) is 19.8 Å². The predicted molar refractivity (Wildman–Crippen MR) is 101 cm³/mol. The number of aliphatic hydroxyl groups excluding tert-OH is 1. The third kappa shape index (κ3) is 2.52. The minimum atomic E-state index is -1.14. The van der Waals surface area contributed by atoms with Crippen molar-refractivity contribution in [2.45, 2.75) is 12.0 Å². The smallest absolute Gasteiger partial charge is 0.339 e. The van der Waals surface area contributed by atoms with Crippen LogP contribution >= 0.6 is 0 Å². The predicted octanol–water partition coefficient (Wildman–Crippen LogP) is 3.81. The van der Waals surface area contributed by atoms with Gasteiger partial charge in [0, 0.05) is 17.0 Å². The Kier molecular flexibility index (Phi) is 4.26. The Labute approximate surface area is 162 Å². The number of hydrogen-bond acceptors (Lipinski definition) is 6. The number of methoxy groups -OCH3 is 2. The maximum Gasteiger partial charge on any atom is 0.339 e. The van der Waals surface area contributed by atoms with Crippen LogP contribution in [0.1, 0.15) is 27.9 Å². The third-order valence-electron chi connectivity index (χ3n) is 5.32. The number of aromatic hydroxyl groups is 1. The fourth-order valence-corrected chi connectivity index (χ4v) is 3.98. The van der Waals surface area contributed by atoms with E-state index in [0.29, 0.717) is 23.3 Å². The average molecular weight is 380 g/mol. The zero-order valence-electron chi connectivity index (χ0n) is 15.5. The number of rotatable bonds is 4. The maximum atomic E-state index is 12.7. The number of esters is 1. The normalized spacial score (nSPS) is 23.4. The Morgan fingerprint density at radius 3 is 2.64 bits per heavy atom. The number of allylic oxidation sites excluding steroid dienone is 1. The van der Waals surface area contributed by atoms with Gasteiger partial charge in [-0.1, -0.05) is 24.3 Å². The molecule has 2 atom stereocenters. The topological polar surface area (TPSA) is 85.2 Å². The van der Waals surface area contributed by atoms with Gasteiger partial charge in [0.2, 0.25) is 0 Å². The zero-order chi connectivity index (χ0) is 19.9. The molecule has 6 nitrogen and oxygen atoms in total. The van der Waals surface area contributed by atoms with Crippen molar-refractivity contribution >= 4 is 5.97 Å². The number of carbonyl (C=O) groups is 1. The fraction of sp³-hybridized carbons (Fsp3) is 0.227. The lowest BCUT2D eigenvalue weighted by Crippen LogP contribution is -2.37. The van der Waals surface area contributed by atoms with Crippen LogP contribution in [0.5, 0.6) is 11.5 Å². The first-order chi connectivity index (χ1) is 13.5. The van der Waals surface area contributed by atoms with Gasteiger partial charge in [-0.15, -0.1) is 0 Å². The van der Waals surface area contributed by atoms with Crippen molar-refractivity contribution in [2.75, 3.05) is 14.2 Å². The second-order valence-corrected chi connectivity index (χ2v) is 6.72. The molecule has 1 aliphatic heterocycles. The number of cyclic esters (lactones) is 1. The molecule has 0 fully saturated rings. The van der Waals surface area contributed by atoms with E-state index in [0.717, 1.165) is 5.56 Å². The maximum absolute atomic E-state index is 12.7. The molecule has 1 aliphatic carbocycles. The van der Waals surface area contributed by atoms with Gasteiger partial charge >= 0.3 is 5.97 Å². The van der Waals surface area contributed by atoms with E-state index < -0.39 is 11.6 Å². The summed E-state index contributed by atoms with van der Waals surface area (Å²) in [5.74, 6) is -0.110. The van der Waals surface area contributed by atoms with Crippen LogP contribution in [0.4, 0.5) is 0 Å². The molecule has 6 heteroatoms. The van der Waals surface area contributed by atoms with E-state index >= 15 is 0 Å². The first kappa shape index (κ1) is 18.0. The highest BCUT2D eigenvalue weighted by Gasteiger charge is 2.52. The van der Waals surface area contributed by atoms with Gasteiger partial charge in [-0.2, -0.15) is 0 Å². The largest absolute Gasteiger partial charge is 0.504 e. The summed E-state index contributed by atoms with van der Waals surface area (Å²) in [6.07, 6.45) is 3.85. The molecule has 4 rings (SSSR count). The highest BCUT2D eigenvalue weighted by atomic mass is 16.6. The van der Waals surface area contributed by atoms with Gasteiger partial charge in [0.1, 0.15) is 0 Å². The Balaban J connectivity index is 1.97. The van der Waals surface area contributed by atoms with Crippen molar-refractivity contribution in [1.29, 1.82) is 0 Å². The van der Waals surface area contributed by atoms with Gasteiger partial charge in [-0.05, 0) is 36.8 Å². The molecule has 2 aliphatic rings. The number of carbonyl (C=O) groups excluding carboxylic acids is 1. The van der Waals surface area contributed by atoms with E-state index in [1.807, 2.05) is 12.1 Å². The molecule has 0 amide bonds. The van der Waals surface area contributed by atoms with Crippen LogP contribution in [0.3, 0.4) is 0 Å². The second-order valence-electron chi connectivity index (χ2n) is 6.72. The fourth-order valence-electron chi connectivity index (χ4n) is 3.98. The van der Waals surface area contributed by atoms with E-state index in [-0.39, 0.29) is 23.2 Å². The molecule has 2 aromatic carbocycles. The van der Waals surface area contributed by atoms with E-state index in [1.54, 1.807) is 36.4 Å². The highest BCUT2D eigenvalue weighted by molar-refractivity contribution is 5.95. The highest BCUT2D eigenvalue weighted by Crippen LogP contribution is 2.51. The van der Waals surface area contributed by atoms with E-state index in [1.165, 1.54) is 20.3 Å². The lowest BCUT2D eigenvalue weighted by molar-refractivity contribution is -0.00894. The van der Waals surface area contributed by atoms with Crippen LogP contribution in [-0.2, 0) is 15.1 Å². The molecule has 28 heavy (non-hydrogen) atoms. The summed E-state index contributed by atoms with van der Waals surface area (Å²) in [6, 6.07) is 12.1. The third-order valence-corrected chi connectivity index (χ3v) is 5.32. The summed E-state index contributed by atoms with van der Waals surface area (Å²) in [7, 11) is 2.94. The second kappa shape index (κ2) is 6.64. The van der Waals surface area contributed by atoms with Crippen molar-refractivity contribution in [1.82, 2.24) is 0 Å². The molecule has 0 bridgehead atoms. The van der Waals surface area contributed by atoms with Gasteiger partial charge in [0.25, 0.3) is 0 Å². The molecule has 0 saturated carbocycles. The number of aliphatic hydroxyl groups is 1. The quantitative estimate of drug-likeness (QED) is 0.785. The Bertz CT molecular complexity index is 1010. The molecule has 1 heterocycles. The lowest BCUT2D eigenvalue weighted by Gasteiger charge is -2.37. The van der Waals surface area contributed by atoms with E-state index in [2.05, 4.69) is 0 Å². The number of phenols is 1. The Hall–Kier alpha value is -3.41. The average Bonchev–Trinajstić information content (AvgIpc) is 3.02. The first-order valence-electron chi connectivity index (χ1n) is 8.87. The molecule has 2 N–H and O–H groups in total. The van der Waals surface area contributed by atoms with Crippen LogP contribution in [0, 0.1) is 5.92 Å². The van der Waals surface area contributed by atoms with E-state index in [9.17, 15) is 15.0 Å². The number of benzene rings is 2. The minimum Gasteiger partial charge on any atom is -0.504 e. The Morgan fingerprint density at radius 2 is 1.89 bits per heavy atom. The van der Waals surface area contributed by atoms with E-state index in [4.69, 9.17) is 14.2 Å². The summed E-state index contributed by atoms with van der Waals surface area (Å²) in [4.78, 5) is 12.7. The molecule has 0 aromatic heterocycles. The minimum absolute atomic E-state index is 0.00619. The molecule has 144 valence electrons. The molecule has 0 saturated heterocycles. The SMILES string of the molecule is COC1=CC(C2(c3ccc(O)c(OC)c3)OC(=O)c3ccccc32)CC=C1O. The zero-order valence-corrected chi connectivity index (χ0v) is 15.5. The summed E-state index contributed by atoms with van der Waals surface area (Å²) < 4.78 is 16.6. The van der Waals surface area contributed by atoms with Crippen LogP contribution < -0.4 is 4.74 Å². The van der Waals surface area contributed by atoms with Gasteiger partial charge < -0.3 is 24.4 Å². The molecule has 2 unspecified atom stereocenters. The van der Waals surface area contributed by atoms with Crippen molar-refractivity contribution < 1.29 is 29.2 Å². The number of hydrogen-bond donors (Lipinski definition) is 2. The summed E-state index contributed by atoms with van der Waals surface area (Å²) >= 11 is 0. The molecule has 2 aromatic rings. The molecule has 0 radical (unpaired) electrons. The summed E-state index contributed by atoms with van der Waals surface area (Å²) in [6.45, 7) is 0. The molecular weight excluding hydrogens is 360 g/mol. The lowest BCUT2D eigenvalue weighted by atomic mass is 9.73. The van der Waals surface area contributed by atoms with Crippen LogP contribution in [0.15, 0.2) is 66.1 Å².